The summed E-state index contributed by atoms with van der Waals surface area (Å²) in [5.74, 6) is 0.479. The molecule has 3 rings (SSSR count). The van der Waals surface area contributed by atoms with E-state index in [1.54, 1.807) is 31.4 Å². The highest BCUT2D eigenvalue weighted by Gasteiger charge is 2.33. The summed E-state index contributed by atoms with van der Waals surface area (Å²) in [6.45, 7) is 0.697. The molecule has 0 bridgehead atoms. The Morgan fingerprint density at radius 2 is 1.73 bits per heavy atom. The molecule has 160 valence electrons. The number of benzene rings is 2. The number of carbonyl (C=O) groups excluding carboxylic acids is 2. The van der Waals surface area contributed by atoms with Crippen LogP contribution in [-0.4, -0.2) is 36.9 Å². The number of rotatable bonds is 4. The molecule has 5 nitrogen and oxygen atoms in total. The predicted octanol–water partition coefficient (Wildman–Crippen LogP) is 5.60. The first-order valence-corrected chi connectivity index (χ1v) is 10.1. The van der Waals surface area contributed by atoms with Crippen molar-refractivity contribution in [3.05, 3.63) is 58.1 Å². The molecule has 1 saturated heterocycles. The molecule has 1 heterocycles. The molecule has 0 spiro atoms. The molecule has 2 aromatic carbocycles. The number of hydrogen-bond donors (Lipinski definition) is 1. The summed E-state index contributed by atoms with van der Waals surface area (Å²) in [5.41, 5.74) is -0.204. The lowest BCUT2D eigenvalue weighted by Gasteiger charge is -2.31. The molecule has 1 N–H and O–H groups in total. The summed E-state index contributed by atoms with van der Waals surface area (Å²) in [6, 6.07) is 9.93. The Balaban J connectivity index is 1.58. The zero-order valence-electron chi connectivity index (χ0n) is 16.1. The van der Waals surface area contributed by atoms with Crippen LogP contribution in [0, 0.1) is 5.92 Å². The second-order valence-corrected chi connectivity index (χ2v) is 7.83. The zero-order chi connectivity index (χ0) is 21.9. The summed E-state index contributed by atoms with van der Waals surface area (Å²) in [7, 11) is 1.55. The summed E-state index contributed by atoms with van der Waals surface area (Å²) < 4.78 is 44.1. The van der Waals surface area contributed by atoms with Crippen LogP contribution in [0.2, 0.25) is 0 Å². The zero-order valence-corrected chi connectivity index (χ0v) is 17.7. The number of carbonyl (C=O) groups is 2. The quantitative estimate of drug-likeness (QED) is 0.574. The number of methoxy groups -OCH3 is 1. The van der Waals surface area contributed by atoms with Crippen LogP contribution < -0.4 is 10.1 Å². The second-order valence-electron chi connectivity index (χ2n) is 6.98. The fraction of sp³-hybridized carbons (Fsp3) is 0.333. The van der Waals surface area contributed by atoms with E-state index < -0.39 is 17.8 Å². The van der Waals surface area contributed by atoms with Gasteiger partial charge in [0, 0.05) is 34.7 Å². The number of nitrogens with zero attached hydrogens (tertiary/aromatic N) is 1. The standard InChI is InChI=1S/C21H20BrF3N2O3/c1-30-16-5-2-13(3-6-16)19(28)14-8-10-27(11-9-14)20(29)26-15-4-7-18(22)17(12-15)21(23,24)25/h2-7,12,14H,8-11H2,1H3,(H,26,29). The van der Waals surface area contributed by atoms with Crippen molar-refractivity contribution in [2.45, 2.75) is 19.0 Å². The third-order valence-electron chi connectivity index (χ3n) is 5.05. The highest BCUT2D eigenvalue weighted by molar-refractivity contribution is 9.10. The number of amides is 2. The molecule has 9 heteroatoms. The van der Waals surface area contributed by atoms with Crippen LogP contribution in [0.5, 0.6) is 5.75 Å². The van der Waals surface area contributed by atoms with Crippen LogP contribution in [0.1, 0.15) is 28.8 Å². The van der Waals surface area contributed by atoms with Crippen LogP contribution >= 0.6 is 15.9 Å². The van der Waals surface area contributed by atoms with E-state index in [1.807, 2.05) is 0 Å². The molecule has 30 heavy (non-hydrogen) atoms. The first-order valence-electron chi connectivity index (χ1n) is 9.30. The fourth-order valence-corrected chi connectivity index (χ4v) is 3.83. The van der Waals surface area contributed by atoms with Crippen molar-refractivity contribution in [2.24, 2.45) is 5.92 Å². The molecule has 1 aliphatic heterocycles. The van der Waals surface area contributed by atoms with Crippen LogP contribution in [0.15, 0.2) is 46.9 Å². The van der Waals surface area contributed by atoms with Crippen molar-refractivity contribution in [3.63, 3.8) is 0 Å². The van der Waals surface area contributed by atoms with Crippen molar-refractivity contribution in [1.29, 1.82) is 0 Å². The first kappa shape index (κ1) is 22.1. The van der Waals surface area contributed by atoms with Crippen LogP contribution in [0.25, 0.3) is 0 Å². The number of ether oxygens (including phenoxy) is 1. The maximum absolute atomic E-state index is 13.0. The van der Waals surface area contributed by atoms with Gasteiger partial charge in [-0.15, -0.1) is 0 Å². The third-order valence-corrected chi connectivity index (χ3v) is 5.74. The summed E-state index contributed by atoms with van der Waals surface area (Å²) in [4.78, 5) is 26.6. The molecule has 0 saturated carbocycles. The number of nitrogens with one attached hydrogen (secondary N) is 1. The largest absolute Gasteiger partial charge is 0.497 e. The Morgan fingerprint density at radius 3 is 2.30 bits per heavy atom. The van der Waals surface area contributed by atoms with Crippen molar-refractivity contribution in [3.8, 4) is 5.75 Å². The number of piperidine rings is 1. The van der Waals surface area contributed by atoms with Crippen LogP contribution in [0.3, 0.4) is 0 Å². The topological polar surface area (TPSA) is 58.6 Å². The lowest BCUT2D eigenvalue weighted by Crippen LogP contribution is -2.42. The normalized spacial score (nSPS) is 15.0. The average Bonchev–Trinajstić information content (AvgIpc) is 2.74. The second kappa shape index (κ2) is 9.07. The third kappa shape index (κ3) is 5.13. The van der Waals surface area contributed by atoms with Gasteiger partial charge in [-0.05, 0) is 55.3 Å². The van der Waals surface area contributed by atoms with Gasteiger partial charge in [0.05, 0.1) is 12.7 Å². The average molecular weight is 485 g/mol. The first-order chi connectivity index (χ1) is 14.2. The number of urea groups is 1. The number of Topliss-reactive ketones (excluding diaryl/α,β-unsaturated/α-hetero) is 1. The highest BCUT2D eigenvalue weighted by atomic mass is 79.9. The molecular formula is C21H20BrF3N2O3. The van der Waals surface area contributed by atoms with Gasteiger partial charge in [0.1, 0.15) is 5.75 Å². The van der Waals surface area contributed by atoms with Crippen molar-refractivity contribution in [2.75, 3.05) is 25.5 Å². The van der Waals surface area contributed by atoms with Crippen molar-refractivity contribution < 1.29 is 27.5 Å². The van der Waals surface area contributed by atoms with E-state index in [9.17, 15) is 22.8 Å². The van der Waals surface area contributed by atoms with Gasteiger partial charge in [-0.3, -0.25) is 4.79 Å². The molecule has 2 aromatic rings. The minimum atomic E-state index is -4.53. The lowest BCUT2D eigenvalue weighted by molar-refractivity contribution is -0.138. The molecule has 0 atom stereocenters. The monoisotopic (exact) mass is 484 g/mol. The van der Waals surface area contributed by atoms with Crippen LogP contribution in [0.4, 0.5) is 23.7 Å². The van der Waals surface area contributed by atoms with E-state index >= 15 is 0 Å². The molecule has 1 aliphatic rings. The Kier molecular flexibility index (Phi) is 6.70. The smallest absolute Gasteiger partial charge is 0.417 e. The molecule has 1 fully saturated rings. The van der Waals surface area contributed by atoms with Crippen molar-refractivity contribution >= 4 is 33.4 Å². The Bertz CT molecular complexity index is 924. The fourth-order valence-electron chi connectivity index (χ4n) is 3.36. The summed E-state index contributed by atoms with van der Waals surface area (Å²) in [5, 5.41) is 2.51. The van der Waals surface area contributed by atoms with E-state index in [4.69, 9.17) is 4.74 Å². The van der Waals surface area contributed by atoms with Crippen LogP contribution in [-0.2, 0) is 6.18 Å². The maximum atomic E-state index is 13.0. The SMILES string of the molecule is COc1ccc(C(=O)C2CCN(C(=O)Nc3ccc(Br)c(C(F)(F)F)c3)CC2)cc1. The van der Waals surface area contributed by atoms with Gasteiger partial charge in [-0.2, -0.15) is 13.2 Å². The minimum absolute atomic E-state index is 0.0143. The van der Waals surface area contributed by atoms with Gasteiger partial charge in [0.25, 0.3) is 0 Å². The van der Waals surface area contributed by atoms with E-state index in [0.717, 1.165) is 6.07 Å². The predicted molar refractivity (Wildman–Crippen MR) is 110 cm³/mol. The highest BCUT2D eigenvalue weighted by Crippen LogP contribution is 2.36. The number of ketones is 1. The van der Waals surface area contributed by atoms with E-state index in [-0.39, 0.29) is 21.9 Å². The minimum Gasteiger partial charge on any atom is -0.497 e. The van der Waals surface area contributed by atoms with Gasteiger partial charge in [0.15, 0.2) is 5.78 Å². The number of anilines is 1. The summed E-state index contributed by atoms with van der Waals surface area (Å²) in [6.07, 6.45) is -3.54. The summed E-state index contributed by atoms with van der Waals surface area (Å²) >= 11 is 2.87. The Morgan fingerprint density at radius 1 is 1.10 bits per heavy atom. The Hall–Kier alpha value is -2.55. The van der Waals surface area contributed by atoms with E-state index in [2.05, 4.69) is 21.2 Å². The number of likely N-dealkylation sites (tertiary alicyclic amines) is 1. The van der Waals surface area contributed by atoms with Gasteiger partial charge in [-0.1, -0.05) is 15.9 Å². The van der Waals surface area contributed by atoms with Gasteiger partial charge in [-0.25, -0.2) is 4.79 Å². The molecule has 0 unspecified atom stereocenters. The van der Waals surface area contributed by atoms with Gasteiger partial charge in [0.2, 0.25) is 0 Å². The van der Waals surface area contributed by atoms with Gasteiger partial charge < -0.3 is 15.0 Å². The number of hydrogen-bond acceptors (Lipinski definition) is 3. The number of halogens is 4. The molecular weight excluding hydrogens is 465 g/mol. The molecule has 0 radical (unpaired) electrons. The lowest BCUT2D eigenvalue weighted by atomic mass is 9.89. The van der Waals surface area contributed by atoms with Crippen molar-refractivity contribution in [1.82, 2.24) is 4.90 Å². The maximum Gasteiger partial charge on any atom is 0.417 e. The number of alkyl halides is 3. The Labute approximate surface area is 180 Å². The van der Waals surface area contributed by atoms with E-state index in [0.29, 0.717) is 37.2 Å². The molecule has 0 aliphatic carbocycles. The molecule has 0 aromatic heterocycles. The van der Waals surface area contributed by atoms with Gasteiger partial charge >= 0.3 is 12.2 Å². The van der Waals surface area contributed by atoms with E-state index in [1.165, 1.54) is 17.0 Å². The molecule has 2 amide bonds.